The molecule has 0 fully saturated rings. The van der Waals surface area contributed by atoms with Gasteiger partial charge in [-0.3, -0.25) is 0 Å². The van der Waals surface area contributed by atoms with Crippen molar-refractivity contribution in [1.29, 1.82) is 0 Å². The molecule has 27 heavy (non-hydrogen) atoms. The number of halogens is 2. The molecule has 0 bridgehead atoms. The molecule has 2 aromatic carbocycles. The minimum Gasteiger partial charge on any atom is -0.544 e. The summed E-state index contributed by atoms with van der Waals surface area (Å²) in [5, 5.41) is 5.85. The summed E-state index contributed by atoms with van der Waals surface area (Å²) in [6.07, 6.45) is 0. The van der Waals surface area contributed by atoms with Crippen LogP contribution in [-0.4, -0.2) is 14.3 Å². The molecule has 0 aliphatic carbocycles. The van der Waals surface area contributed by atoms with Crippen LogP contribution in [0.2, 0.25) is 23.2 Å². The van der Waals surface area contributed by atoms with Crippen LogP contribution in [0.5, 0.6) is 5.75 Å². The molecule has 0 aromatic heterocycles. The van der Waals surface area contributed by atoms with E-state index in [2.05, 4.69) is 44.5 Å². The standard InChI is InChI=1S/C20H26ClFN2O2Si/c1-20(2,3)27(4,5)26-17-10-8-16(9-11-17)24-19(25)23-13-14-6-7-15(22)12-18(14)21/h6-12H,13H2,1-5H3,(H2,23,24,25). The molecule has 7 heteroatoms. The fraction of sp³-hybridized carbons (Fsp3) is 0.350. The smallest absolute Gasteiger partial charge is 0.319 e. The van der Waals surface area contributed by atoms with Gasteiger partial charge in [-0.1, -0.05) is 38.4 Å². The first kappa shape index (κ1) is 21.2. The molecule has 0 saturated carbocycles. The number of anilines is 1. The van der Waals surface area contributed by atoms with E-state index in [0.29, 0.717) is 11.3 Å². The Morgan fingerprint density at radius 2 is 1.78 bits per heavy atom. The summed E-state index contributed by atoms with van der Waals surface area (Å²) in [5.41, 5.74) is 1.30. The maximum absolute atomic E-state index is 13.0. The highest BCUT2D eigenvalue weighted by molar-refractivity contribution is 6.74. The zero-order valence-corrected chi connectivity index (χ0v) is 18.1. The molecule has 4 nitrogen and oxygen atoms in total. The number of amides is 2. The van der Waals surface area contributed by atoms with Gasteiger partial charge in [0, 0.05) is 17.3 Å². The number of hydrogen-bond acceptors (Lipinski definition) is 2. The van der Waals surface area contributed by atoms with Crippen molar-refractivity contribution in [3.63, 3.8) is 0 Å². The van der Waals surface area contributed by atoms with Crippen molar-refractivity contribution in [2.75, 3.05) is 5.32 Å². The van der Waals surface area contributed by atoms with Crippen LogP contribution >= 0.6 is 11.6 Å². The summed E-state index contributed by atoms with van der Waals surface area (Å²) in [6.45, 7) is 11.1. The lowest BCUT2D eigenvalue weighted by molar-refractivity contribution is 0.251. The monoisotopic (exact) mass is 408 g/mol. The molecule has 2 N–H and O–H groups in total. The molecule has 2 amide bonds. The summed E-state index contributed by atoms with van der Waals surface area (Å²) >= 11 is 5.95. The highest BCUT2D eigenvalue weighted by Gasteiger charge is 2.38. The Kier molecular flexibility index (Phi) is 6.54. The molecular weight excluding hydrogens is 383 g/mol. The van der Waals surface area contributed by atoms with Gasteiger partial charge in [0.05, 0.1) is 0 Å². The highest BCUT2D eigenvalue weighted by Crippen LogP contribution is 2.37. The van der Waals surface area contributed by atoms with Crippen molar-refractivity contribution in [2.24, 2.45) is 0 Å². The first-order chi connectivity index (χ1) is 12.5. The van der Waals surface area contributed by atoms with Crippen molar-refractivity contribution < 1.29 is 13.6 Å². The number of carbonyl (C=O) groups is 1. The molecule has 0 unspecified atom stereocenters. The lowest BCUT2D eigenvalue weighted by Gasteiger charge is -2.36. The van der Waals surface area contributed by atoms with Gasteiger partial charge in [0.25, 0.3) is 0 Å². The molecular formula is C20H26ClFN2O2Si. The van der Waals surface area contributed by atoms with Gasteiger partial charge in [0.15, 0.2) is 0 Å². The SMILES string of the molecule is CC(C)(C)[Si](C)(C)Oc1ccc(NC(=O)NCc2ccc(F)cc2Cl)cc1. The van der Waals surface area contributed by atoms with Crippen molar-refractivity contribution in [3.8, 4) is 5.75 Å². The van der Waals surface area contributed by atoms with E-state index in [9.17, 15) is 9.18 Å². The van der Waals surface area contributed by atoms with E-state index in [4.69, 9.17) is 16.0 Å². The van der Waals surface area contributed by atoms with Crippen molar-refractivity contribution in [3.05, 3.63) is 58.9 Å². The van der Waals surface area contributed by atoms with Crippen LogP contribution in [0.1, 0.15) is 26.3 Å². The van der Waals surface area contributed by atoms with Crippen LogP contribution in [0, 0.1) is 5.82 Å². The highest BCUT2D eigenvalue weighted by atomic mass is 35.5. The first-order valence-electron chi connectivity index (χ1n) is 8.76. The third kappa shape index (κ3) is 5.97. The predicted molar refractivity (Wildman–Crippen MR) is 112 cm³/mol. The number of nitrogens with one attached hydrogen (secondary N) is 2. The quantitative estimate of drug-likeness (QED) is 0.580. The molecule has 0 aliphatic rings. The largest absolute Gasteiger partial charge is 0.544 e. The molecule has 0 heterocycles. The normalized spacial score (nSPS) is 11.8. The van der Waals surface area contributed by atoms with E-state index in [-0.39, 0.29) is 22.6 Å². The minimum absolute atomic E-state index is 0.117. The molecule has 0 aliphatic heterocycles. The summed E-state index contributed by atoms with van der Waals surface area (Å²) in [6, 6.07) is 11.0. The van der Waals surface area contributed by atoms with E-state index >= 15 is 0 Å². The van der Waals surface area contributed by atoms with Crippen LogP contribution in [0.25, 0.3) is 0 Å². The Hall–Kier alpha value is -2.05. The second-order valence-corrected chi connectivity index (χ2v) is 13.1. The Morgan fingerprint density at radius 3 is 2.33 bits per heavy atom. The Bertz CT molecular complexity index is 805. The van der Waals surface area contributed by atoms with Gasteiger partial charge >= 0.3 is 6.03 Å². The van der Waals surface area contributed by atoms with E-state index in [1.807, 2.05) is 12.1 Å². The Morgan fingerprint density at radius 1 is 1.15 bits per heavy atom. The van der Waals surface area contributed by atoms with Crippen LogP contribution < -0.4 is 15.1 Å². The van der Waals surface area contributed by atoms with E-state index in [1.54, 1.807) is 18.2 Å². The van der Waals surface area contributed by atoms with Crippen LogP contribution in [-0.2, 0) is 6.54 Å². The van der Waals surface area contributed by atoms with Crippen LogP contribution in [0.15, 0.2) is 42.5 Å². The van der Waals surface area contributed by atoms with Gasteiger partial charge in [0.2, 0.25) is 8.32 Å². The summed E-state index contributed by atoms with van der Waals surface area (Å²) in [5.74, 6) is 0.388. The molecule has 146 valence electrons. The van der Waals surface area contributed by atoms with Crippen LogP contribution in [0.3, 0.4) is 0 Å². The van der Waals surface area contributed by atoms with E-state index < -0.39 is 14.1 Å². The number of carbonyl (C=O) groups excluding carboxylic acids is 1. The predicted octanol–water partition coefficient (Wildman–Crippen LogP) is 6.18. The average molecular weight is 409 g/mol. The van der Waals surface area contributed by atoms with Crippen molar-refractivity contribution in [2.45, 2.75) is 45.4 Å². The van der Waals surface area contributed by atoms with Crippen molar-refractivity contribution in [1.82, 2.24) is 5.32 Å². The topological polar surface area (TPSA) is 50.4 Å². The Balaban J connectivity index is 1.91. The molecule has 2 aromatic rings. The molecule has 0 radical (unpaired) electrons. The van der Waals surface area contributed by atoms with Gasteiger partial charge in [-0.25, -0.2) is 9.18 Å². The minimum atomic E-state index is -1.89. The van der Waals surface area contributed by atoms with Crippen molar-refractivity contribution >= 4 is 31.6 Å². The van der Waals surface area contributed by atoms with Gasteiger partial charge in [-0.15, -0.1) is 0 Å². The van der Waals surface area contributed by atoms with Gasteiger partial charge < -0.3 is 15.1 Å². The average Bonchev–Trinajstić information content (AvgIpc) is 2.54. The Labute approximate surface area is 166 Å². The fourth-order valence-corrected chi connectivity index (χ4v) is 3.34. The third-order valence-corrected chi connectivity index (χ3v) is 9.46. The van der Waals surface area contributed by atoms with E-state index in [1.165, 1.54) is 12.1 Å². The van der Waals surface area contributed by atoms with E-state index in [0.717, 1.165) is 5.75 Å². The van der Waals surface area contributed by atoms with Gasteiger partial charge in [0.1, 0.15) is 11.6 Å². The number of benzene rings is 2. The molecule has 0 saturated heterocycles. The lowest BCUT2D eigenvalue weighted by Crippen LogP contribution is -2.43. The number of urea groups is 1. The van der Waals surface area contributed by atoms with Gasteiger partial charge in [-0.05, 0) is 60.1 Å². The molecule has 2 rings (SSSR count). The zero-order chi connectivity index (χ0) is 20.2. The number of hydrogen-bond donors (Lipinski definition) is 2. The second kappa shape index (κ2) is 8.31. The summed E-state index contributed by atoms with van der Waals surface area (Å²) in [4.78, 5) is 12.0. The maximum atomic E-state index is 13.0. The molecule has 0 spiro atoms. The number of rotatable bonds is 5. The maximum Gasteiger partial charge on any atom is 0.319 e. The lowest BCUT2D eigenvalue weighted by atomic mass is 10.2. The second-order valence-electron chi connectivity index (χ2n) is 7.93. The van der Waals surface area contributed by atoms with Crippen LogP contribution in [0.4, 0.5) is 14.9 Å². The fourth-order valence-electron chi connectivity index (χ4n) is 2.07. The zero-order valence-electron chi connectivity index (χ0n) is 16.3. The van der Waals surface area contributed by atoms with Gasteiger partial charge in [-0.2, -0.15) is 0 Å². The summed E-state index contributed by atoms with van der Waals surface area (Å²) in [7, 11) is -1.89. The summed E-state index contributed by atoms with van der Waals surface area (Å²) < 4.78 is 19.3. The third-order valence-electron chi connectivity index (χ3n) is 4.75. The molecule has 0 atom stereocenters. The first-order valence-corrected chi connectivity index (χ1v) is 12.0.